The highest BCUT2D eigenvalue weighted by molar-refractivity contribution is 5.85. The molecule has 2 aromatic carbocycles. The summed E-state index contributed by atoms with van der Waals surface area (Å²) in [6, 6.07) is 16.4. The molecular weight excluding hydrogens is 332 g/mol. The van der Waals surface area contributed by atoms with Crippen LogP contribution in [0.25, 0.3) is 0 Å². The van der Waals surface area contributed by atoms with Crippen molar-refractivity contribution in [3.8, 4) is 5.75 Å². The Bertz CT molecular complexity index is 719. The summed E-state index contributed by atoms with van der Waals surface area (Å²) in [5.41, 5.74) is 1.96. The van der Waals surface area contributed by atoms with E-state index < -0.39 is 12.0 Å². The lowest BCUT2D eigenvalue weighted by Gasteiger charge is -2.17. The number of methoxy groups -OCH3 is 2. The van der Waals surface area contributed by atoms with Gasteiger partial charge in [-0.1, -0.05) is 42.5 Å². The molecule has 138 valence electrons. The molecule has 0 heterocycles. The van der Waals surface area contributed by atoms with Gasteiger partial charge in [-0.15, -0.1) is 0 Å². The summed E-state index contributed by atoms with van der Waals surface area (Å²) < 4.78 is 10.00. The Morgan fingerprint density at radius 3 is 2.42 bits per heavy atom. The van der Waals surface area contributed by atoms with Gasteiger partial charge in [0.2, 0.25) is 5.91 Å². The van der Waals surface area contributed by atoms with Crippen molar-refractivity contribution < 1.29 is 19.1 Å². The molecule has 0 bridgehead atoms. The van der Waals surface area contributed by atoms with E-state index in [1.54, 1.807) is 7.11 Å². The molecule has 0 radical (unpaired) electrons. The number of hydrogen-bond acceptors (Lipinski definition) is 5. The molecule has 0 aliphatic rings. The van der Waals surface area contributed by atoms with Crippen LogP contribution in [0.2, 0.25) is 0 Å². The van der Waals surface area contributed by atoms with Gasteiger partial charge in [0.15, 0.2) is 0 Å². The van der Waals surface area contributed by atoms with Gasteiger partial charge in [-0.05, 0) is 23.3 Å². The highest BCUT2D eigenvalue weighted by atomic mass is 16.5. The number of hydrogen-bond donors (Lipinski definition) is 2. The number of amides is 1. The Hall–Kier alpha value is -2.86. The van der Waals surface area contributed by atoms with Gasteiger partial charge in [-0.25, -0.2) is 4.79 Å². The van der Waals surface area contributed by atoms with Crippen LogP contribution >= 0.6 is 0 Å². The van der Waals surface area contributed by atoms with Crippen LogP contribution in [-0.2, 0) is 27.3 Å². The standard InChI is InChI=1S/C20H24N2O4/c1-25-17-10-6-9-16(11-17)12-18(20(24)26-2)22-19(23)14-21-13-15-7-4-3-5-8-15/h3-11,18,21H,12-14H2,1-2H3,(H,22,23). The third-order valence-corrected chi connectivity index (χ3v) is 3.85. The van der Waals surface area contributed by atoms with Gasteiger partial charge in [0, 0.05) is 13.0 Å². The normalized spacial score (nSPS) is 11.5. The number of nitrogens with one attached hydrogen (secondary N) is 2. The Morgan fingerprint density at radius 2 is 1.73 bits per heavy atom. The van der Waals surface area contributed by atoms with Gasteiger partial charge >= 0.3 is 5.97 Å². The Kier molecular flexibility index (Phi) is 7.64. The molecule has 1 atom stereocenters. The molecule has 2 N–H and O–H groups in total. The average Bonchev–Trinajstić information content (AvgIpc) is 2.68. The molecule has 0 aliphatic heterocycles. The van der Waals surface area contributed by atoms with E-state index in [1.807, 2.05) is 54.6 Å². The fourth-order valence-electron chi connectivity index (χ4n) is 2.53. The van der Waals surface area contributed by atoms with Gasteiger partial charge in [0.05, 0.1) is 20.8 Å². The minimum atomic E-state index is -0.752. The van der Waals surface area contributed by atoms with E-state index in [0.29, 0.717) is 18.7 Å². The summed E-state index contributed by atoms with van der Waals surface area (Å²) in [5, 5.41) is 5.78. The van der Waals surface area contributed by atoms with Crippen molar-refractivity contribution in [3.05, 3.63) is 65.7 Å². The van der Waals surface area contributed by atoms with Crippen LogP contribution in [-0.4, -0.2) is 38.7 Å². The summed E-state index contributed by atoms with van der Waals surface area (Å²) in [6.07, 6.45) is 0.328. The minimum absolute atomic E-state index is 0.112. The van der Waals surface area contributed by atoms with Gasteiger partial charge in [-0.2, -0.15) is 0 Å². The molecule has 0 saturated carbocycles. The second-order valence-electron chi connectivity index (χ2n) is 5.79. The van der Waals surface area contributed by atoms with E-state index >= 15 is 0 Å². The summed E-state index contributed by atoms with van der Waals surface area (Å²) >= 11 is 0. The molecule has 1 amide bonds. The maximum atomic E-state index is 12.2. The van der Waals surface area contributed by atoms with Crippen LogP contribution < -0.4 is 15.4 Å². The third-order valence-electron chi connectivity index (χ3n) is 3.85. The molecule has 1 unspecified atom stereocenters. The Labute approximate surface area is 153 Å². The molecule has 0 spiro atoms. The molecule has 0 aromatic heterocycles. The number of benzene rings is 2. The first-order valence-corrected chi connectivity index (χ1v) is 8.37. The largest absolute Gasteiger partial charge is 0.497 e. The van der Waals surface area contributed by atoms with Crippen molar-refractivity contribution in [2.75, 3.05) is 20.8 Å². The minimum Gasteiger partial charge on any atom is -0.497 e. The number of carbonyl (C=O) groups is 2. The van der Waals surface area contributed by atoms with Crippen LogP contribution in [0.4, 0.5) is 0 Å². The highest BCUT2D eigenvalue weighted by Crippen LogP contribution is 2.14. The molecule has 0 aliphatic carbocycles. The van der Waals surface area contributed by atoms with Crippen LogP contribution in [0.5, 0.6) is 5.75 Å². The molecule has 26 heavy (non-hydrogen) atoms. The lowest BCUT2D eigenvalue weighted by molar-refractivity contribution is -0.144. The van der Waals surface area contributed by atoms with E-state index in [-0.39, 0.29) is 12.5 Å². The van der Waals surface area contributed by atoms with E-state index in [4.69, 9.17) is 9.47 Å². The van der Waals surface area contributed by atoms with Crippen molar-refractivity contribution in [1.29, 1.82) is 0 Å². The quantitative estimate of drug-likeness (QED) is 0.669. The van der Waals surface area contributed by atoms with Crippen molar-refractivity contribution in [3.63, 3.8) is 0 Å². The number of carbonyl (C=O) groups excluding carboxylic acids is 2. The fourth-order valence-corrected chi connectivity index (χ4v) is 2.53. The average molecular weight is 356 g/mol. The van der Waals surface area contributed by atoms with Crippen LogP contribution in [0, 0.1) is 0 Å². The SMILES string of the molecule is COC(=O)C(Cc1cccc(OC)c1)NC(=O)CNCc1ccccc1. The third kappa shape index (κ3) is 6.22. The fraction of sp³-hybridized carbons (Fsp3) is 0.300. The lowest BCUT2D eigenvalue weighted by atomic mass is 10.1. The van der Waals surface area contributed by atoms with Crippen molar-refractivity contribution >= 4 is 11.9 Å². The maximum Gasteiger partial charge on any atom is 0.328 e. The van der Waals surface area contributed by atoms with E-state index in [0.717, 1.165) is 11.1 Å². The van der Waals surface area contributed by atoms with E-state index in [1.165, 1.54) is 7.11 Å². The number of esters is 1. The van der Waals surface area contributed by atoms with E-state index in [9.17, 15) is 9.59 Å². The maximum absolute atomic E-state index is 12.2. The van der Waals surface area contributed by atoms with Gasteiger partial charge in [-0.3, -0.25) is 4.79 Å². The Balaban J connectivity index is 1.89. The lowest BCUT2D eigenvalue weighted by Crippen LogP contribution is -2.46. The molecule has 2 rings (SSSR count). The topological polar surface area (TPSA) is 76.7 Å². The highest BCUT2D eigenvalue weighted by Gasteiger charge is 2.22. The predicted molar refractivity (Wildman–Crippen MR) is 98.8 cm³/mol. The molecule has 6 heteroatoms. The first-order chi connectivity index (χ1) is 12.6. The Morgan fingerprint density at radius 1 is 1.00 bits per heavy atom. The molecule has 6 nitrogen and oxygen atoms in total. The monoisotopic (exact) mass is 356 g/mol. The summed E-state index contributed by atoms with van der Waals surface area (Å²) in [4.78, 5) is 24.2. The van der Waals surface area contributed by atoms with Crippen molar-refractivity contribution in [2.24, 2.45) is 0 Å². The van der Waals surface area contributed by atoms with Crippen molar-refractivity contribution in [2.45, 2.75) is 19.0 Å². The van der Waals surface area contributed by atoms with Crippen molar-refractivity contribution in [1.82, 2.24) is 10.6 Å². The molecule has 0 fully saturated rings. The zero-order chi connectivity index (χ0) is 18.8. The van der Waals surface area contributed by atoms with Crippen LogP contribution in [0.15, 0.2) is 54.6 Å². The zero-order valence-corrected chi connectivity index (χ0v) is 15.0. The summed E-state index contributed by atoms with van der Waals surface area (Å²) in [7, 11) is 2.89. The second kappa shape index (κ2) is 10.2. The number of ether oxygens (including phenoxy) is 2. The van der Waals surface area contributed by atoms with Gasteiger partial charge < -0.3 is 20.1 Å². The van der Waals surface area contributed by atoms with E-state index in [2.05, 4.69) is 10.6 Å². The number of rotatable bonds is 9. The van der Waals surface area contributed by atoms with Gasteiger partial charge in [0.1, 0.15) is 11.8 Å². The first-order valence-electron chi connectivity index (χ1n) is 8.37. The molecule has 2 aromatic rings. The second-order valence-corrected chi connectivity index (χ2v) is 5.79. The smallest absolute Gasteiger partial charge is 0.328 e. The predicted octanol–water partition coefficient (Wildman–Crippen LogP) is 1.69. The molecular formula is C20H24N2O4. The summed E-state index contributed by atoms with van der Waals surface area (Å²) in [5.74, 6) is -0.0505. The van der Waals surface area contributed by atoms with Gasteiger partial charge in [0.25, 0.3) is 0 Å². The first kappa shape index (κ1) is 19.5. The van der Waals surface area contributed by atoms with Crippen LogP contribution in [0.1, 0.15) is 11.1 Å². The zero-order valence-electron chi connectivity index (χ0n) is 15.0. The molecule has 0 saturated heterocycles. The summed E-state index contributed by atoms with van der Waals surface area (Å²) in [6.45, 7) is 0.688. The van der Waals surface area contributed by atoms with Crippen LogP contribution in [0.3, 0.4) is 0 Å².